The van der Waals surface area contributed by atoms with Crippen LogP contribution in [0.25, 0.3) is 0 Å². The lowest BCUT2D eigenvalue weighted by Crippen LogP contribution is -2.50. The van der Waals surface area contributed by atoms with Gasteiger partial charge in [-0.25, -0.2) is 9.59 Å². The van der Waals surface area contributed by atoms with E-state index in [0.29, 0.717) is 0 Å². The Balaban J connectivity index is 4.66. The van der Waals surface area contributed by atoms with Crippen LogP contribution in [-0.4, -0.2) is 31.5 Å². The van der Waals surface area contributed by atoms with Crippen LogP contribution in [0.15, 0.2) is 0 Å². The maximum atomic E-state index is 11.8. The van der Waals surface area contributed by atoms with E-state index in [1.165, 1.54) is 0 Å². The van der Waals surface area contributed by atoms with Crippen molar-refractivity contribution in [1.29, 1.82) is 0 Å². The largest absolute Gasteiger partial charge is 0.504 e. The highest BCUT2D eigenvalue weighted by Gasteiger charge is 2.41. The van der Waals surface area contributed by atoms with Crippen molar-refractivity contribution in [2.45, 2.75) is 58.8 Å². The molecular formula is C12H25NO4Si. The quantitative estimate of drug-likeness (QED) is 0.774. The van der Waals surface area contributed by atoms with Gasteiger partial charge in [-0.2, -0.15) is 0 Å². The van der Waals surface area contributed by atoms with Gasteiger partial charge in [0.1, 0.15) is 6.04 Å². The van der Waals surface area contributed by atoms with Gasteiger partial charge in [0.2, 0.25) is 0 Å². The molecule has 0 rings (SSSR count). The fourth-order valence-corrected chi connectivity index (χ4v) is 1.88. The predicted molar refractivity (Wildman–Crippen MR) is 73.1 cm³/mol. The van der Waals surface area contributed by atoms with Crippen molar-refractivity contribution < 1.29 is 19.1 Å². The summed E-state index contributed by atoms with van der Waals surface area (Å²) in [4.78, 5) is 22.7. The third kappa shape index (κ3) is 4.68. The number of rotatable bonds is 4. The molecular weight excluding hydrogens is 250 g/mol. The predicted octanol–water partition coefficient (Wildman–Crippen LogP) is 2.83. The van der Waals surface area contributed by atoms with Crippen molar-refractivity contribution in [3.8, 4) is 0 Å². The number of carboxylic acid groups (broad SMARTS) is 1. The SMILES string of the molecule is CC(C)[C@H](NC(=O)O[Si](C)(C)C(C)(C)C)C(=O)O. The zero-order valence-electron chi connectivity index (χ0n) is 12.3. The lowest BCUT2D eigenvalue weighted by Gasteiger charge is -2.35. The first-order chi connectivity index (χ1) is 7.88. The molecule has 106 valence electrons. The fraction of sp³-hybridized carbons (Fsp3) is 0.833. The summed E-state index contributed by atoms with van der Waals surface area (Å²) in [6.07, 6.45) is -0.636. The minimum Gasteiger partial charge on any atom is -0.504 e. The Labute approximate surface area is 110 Å². The van der Waals surface area contributed by atoms with Crippen LogP contribution in [0, 0.1) is 5.92 Å². The van der Waals surface area contributed by atoms with Gasteiger partial charge in [0.25, 0.3) is 8.32 Å². The number of amides is 1. The Hall–Kier alpha value is -1.04. The van der Waals surface area contributed by atoms with Gasteiger partial charge in [-0.1, -0.05) is 34.6 Å². The first kappa shape index (κ1) is 17.0. The van der Waals surface area contributed by atoms with Crippen molar-refractivity contribution in [1.82, 2.24) is 5.32 Å². The number of carbonyl (C=O) groups excluding carboxylic acids is 1. The van der Waals surface area contributed by atoms with Gasteiger partial charge in [0.05, 0.1) is 0 Å². The van der Waals surface area contributed by atoms with Crippen LogP contribution < -0.4 is 5.32 Å². The molecule has 0 radical (unpaired) electrons. The molecule has 0 bridgehead atoms. The molecule has 1 atom stereocenters. The number of carboxylic acids is 1. The highest BCUT2D eigenvalue weighted by atomic mass is 28.4. The molecule has 0 spiro atoms. The summed E-state index contributed by atoms with van der Waals surface area (Å²) in [5.74, 6) is -1.23. The zero-order valence-corrected chi connectivity index (χ0v) is 13.3. The number of aliphatic carboxylic acids is 1. The summed E-state index contributed by atoms with van der Waals surface area (Å²) < 4.78 is 5.46. The number of nitrogens with one attached hydrogen (secondary N) is 1. The van der Waals surface area contributed by atoms with Gasteiger partial charge >= 0.3 is 12.1 Å². The van der Waals surface area contributed by atoms with Crippen molar-refractivity contribution >= 4 is 20.4 Å². The van der Waals surface area contributed by atoms with Gasteiger partial charge in [0.15, 0.2) is 0 Å². The van der Waals surface area contributed by atoms with E-state index >= 15 is 0 Å². The monoisotopic (exact) mass is 275 g/mol. The van der Waals surface area contributed by atoms with Gasteiger partial charge in [-0.15, -0.1) is 0 Å². The van der Waals surface area contributed by atoms with Crippen LogP contribution in [-0.2, 0) is 9.22 Å². The van der Waals surface area contributed by atoms with E-state index in [9.17, 15) is 9.59 Å². The van der Waals surface area contributed by atoms with Crippen LogP contribution in [0.2, 0.25) is 18.1 Å². The lowest BCUT2D eigenvalue weighted by atomic mass is 10.1. The second kappa shape index (κ2) is 5.73. The molecule has 0 heterocycles. The second-order valence-electron chi connectivity index (χ2n) is 6.35. The number of carbonyl (C=O) groups is 2. The number of hydrogen-bond acceptors (Lipinski definition) is 3. The average Bonchev–Trinajstić information content (AvgIpc) is 2.10. The summed E-state index contributed by atoms with van der Waals surface area (Å²) >= 11 is 0. The number of hydrogen-bond donors (Lipinski definition) is 2. The third-order valence-corrected chi connectivity index (χ3v) is 7.67. The first-order valence-corrected chi connectivity index (χ1v) is 9.01. The lowest BCUT2D eigenvalue weighted by molar-refractivity contribution is -0.140. The molecule has 0 unspecified atom stereocenters. The molecule has 2 N–H and O–H groups in total. The van der Waals surface area contributed by atoms with Gasteiger partial charge in [0, 0.05) is 0 Å². The van der Waals surface area contributed by atoms with Crippen LogP contribution >= 0.6 is 0 Å². The third-order valence-electron chi connectivity index (χ3n) is 3.36. The molecule has 6 heteroatoms. The van der Waals surface area contributed by atoms with E-state index in [4.69, 9.17) is 9.53 Å². The normalized spacial score (nSPS) is 14.2. The second-order valence-corrected chi connectivity index (χ2v) is 11.1. The summed E-state index contributed by atoms with van der Waals surface area (Å²) in [5, 5.41) is 11.3. The van der Waals surface area contributed by atoms with Crippen molar-refractivity contribution in [2.75, 3.05) is 0 Å². The van der Waals surface area contributed by atoms with Gasteiger partial charge in [-0.3, -0.25) is 0 Å². The molecule has 0 saturated heterocycles. The summed E-state index contributed by atoms with van der Waals surface area (Å²) in [6.45, 7) is 13.4. The van der Waals surface area contributed by atoms with E-state index in [0.717, 1.165) is 0 Å². The Bertz CT molecular complexity index is 321. The maximum absolute atomic E-state index is 11.8. The van der Waals surface area contributed by atoms with E-state index in [2.05, 4.69) is 5.32 Å². The van der Waals surface area contributed by atoms with Gasteiger partial charge < -0.3 is 14.8 Å². The summed E-state index contributed by atoms with van der Waals surface area (Å²) in [6, 6.07) is -0.915. The Kier molecular flexibility index (Phi) is 5.40. The highest BCUT2D eigenvalue weighted by Crippen LogP contribution is 2.36. The van der Waals surface area contributed by atoms with Crippen molar-refractivity contribution in [2.24, 2.45) is 5.92 Å². The minimum atomic E-state index is -2.21. The Morgan fingerprint density at radius 1 is 1.22 bits per heavy atom. The highest BCUT2D eigenvalue weighted by molar-refractivity contribution is 6.75. The van der Waals surface area contributed by atoms with Crippen LogP contribution in [0.1, 0.15) is 34.6 Å². The van der Waals surface area contributed by atoms with Crippen molar-refractivity contribution in [3.05, 3.63) is 0 Å². The zero-order chi connectivity index (χ0) is 14.7. The molecule has 0 aliphatic rings. The Morgan fingerprint density at radius 3 is 1.94 bits per heavy atom. The van der Waals surface area contributed by atoms with E-state index in [1.54, 1.807) is 13.8 Å². The molecule has 0 aromatic rings. The minimum absolute atomic E-state index is 0.0963. The topological polar surface area (TPSA) is 75.6 Å². The molecule has 0 aliphatic heterocycles. The molecule has 0 aromatic carbocycles. The average molecular weight is 275 g/mol. The molecule has 0 aliphatic carbocycles. The fourth-order valence-electron chi connectivity index (χ4n) is 1.05. The summed E-state index contributed by atoms with van der Waals surface area (Å²) in [7, 11) is -2.21. The smallest absolute Gasteiger partial charge is 0.394 e. The first-order valence-electron chi connectivity index (χ1n) is 6.11. The van der Waals surface area contributed by atoms with Crippen molar-refractivity contribution in [3.63, 3.8) is 0 Å². The van der Waals surface area contributed by atoms with E-state index in [1.807, 2.05) is 33.9 Å². The molecule has 0 fully saturated rings. The Morgan fingerprint density at radius 2 is 1.67 bits per heavy atom. The molecule has 18 heavy (non-hydrogen) atoms. The van der Waals surface area contributed by atoms with Crippen LogP contribution in [0.4, 0.5) is 4.79 Å². The van der Waals surface area contributed by atoms with Crippen LogP contribution in [0.3, 0.4) is 0 Å². The summed E-state index contributed by atoms with van der Waals surface area (Å²) in [5.41, 5.74) is 0. The van der Waals surface area contributed by atoms with E-state index < -0.39 is 26.4 Å². The molecule has 0 saturated carbocycles. The maximum Gasteiger partial charge on any atom is 0.394 e. The molecule has 1 amide bonds. The van der Waals surface area contributed by atoms with Gasteiger partial charge in [-0.05, 0) is 24.1 Å². The standard InChI is InChI=1S/C12H25NO4Si/c1-8(2)9(10(14)15)13-11(16)17-18(6,7)12(3,4)5/h8-9H,1-7H3,(H,13,16)(H,14,15)/t9-/m0/s1. The molecule has 5 nitrogen and oxygen atoms in total. The molecule has 0 aromatic heterocycles. The van der Waals surface area contributed by atoms with Crippen LogP contribution in [0.5, 0.6) is 0 Å². The van der Waals surface area contributed by atoms with E-state index in [-0.39, 0.29) is 11.0 Å².